The minimum atomic E-state index is -0.00930. The summed E-state index contributed by atoms with van der Waals surface area (Å²) in [4.78, 5) is 26.5. The molecule has 2 aliphatic rings. The Morgan fingerprint density at radius 3 is 2.69 bits per heavy atom. The Morgan fingerprint density at radius 2 is 1.97 bits per heavy atom. The first-order valence-electron chi connectivity index (χ1n) is 10.7. The van der Waals surface area contributed by atoms with Gasteiger partial charge in [0.05, 0.1) is 12.7 Å². The maximum absolute atomic E-state index is 12.3. The van der Waals surface area contributed by atoms with Crippen molar-refractivity contribution in [2.75, 3.05) is 39.5 Å². The summed E-state index contributed by atoms with van der Waals surface area (Å²) >= 11 is 0. The number of benzene rings is 1. The van der Waals surface area contributed by atoms with Gasteiger partial charge in [-0.25, -0.2) is 0 Å². The van der Waals surface area contributed by atoms with Gasteiger partial charge in [0.25, 0.3) is 0 Å². The second-order valence-electron chi connectivity index (χ2n) is 7.70. The average Bonchev–Trinajstić information content (AvgIpc) is 3.28. The van der Waals surface area contributed by atoms with Crippen molar-refractivity contribution in [3.63, 3.8) is 0 Å². The summed E-state index contributed by atoms with van der Waals surface area (Å²) in [5.41, 5.74) is 1.01. The maximum atomic E-state index is 12.3. The van der Waals surface area contributed by atoms with E-state index in [0.29, 0.717) is 45.7 Å². The molecule has 2 saturated heterocycles. The number of ether oxygens (including phenoxy) is 2. The summed E-state index contributed by atoms with van der Waals surface area (Å²) < 4.78 is 11.1. The van der Waals surface area contributed by atoms with Gasteiger partial charge < -0.3 is 19.7 Å². The summed E-state index contributed by atoms with van der Waals surface area (Å²) in [6.07, 6.45) is 8.14. The third-order valence-electron chi connectivity index (χ3n) is 5.49. The van der Waals surface area contributed by atoms with Crippen LogP contribution >= 0.6 is 0 Å². The van der Waals surface area contributed by atoms with Gasteiger partial charge in [0.1, 0.15) is 0 Å². The molecule has 2 amide bonds. The molecule has 2 aliphatic heterocycles. The normalized spacial score (nSPS) is 20.3. The molecule has 1 atom stereocenters. The number of amides is 2. The van der Waals surface area contributed by atoms with Crippen LogP contribution in [-0.4, -0.2) is 62.3 Å². The summed E-state index contributed by atoms with van der Waals surface area (Å²) in [6, 6.07) is 9.78. The Kier molecular flexibility index (Phi) is 8.71. The first-order chi connectivity index (χ1) is 14.2. The van der Waals surface area contributed by atoms with Crippen molar-refractivity contribution in [1.82, 2.24) is 10.2 Å². The van der Waals surface area contributed by atoms with E-state index in [4.69, 9.17) is 9.47 Å². The van der Waals surface area contributed by atoms with E-state index in [9.17, 15) is 9.59 Å². The molecule has 0 radical (unpaired) electrons. The highest BCUT2D eigenvalue weighted by molar-refractivity contribution is 5.92. The standard InChI is InChI=1S/C23H32N2O4/c26-22(10-9-19-6-2-1-3-7-19)25-14-11-20(12-15-25)23(27)24-13-5-16-28-18-21-8-4-17-29-21/h1-3,6-7,9-10,20-21H,4-5,8,11-18H2,(H,24,27)/b10-9+. The fourth-order valence-electron chi connectivity index (χ4n) is 3.72. The molecule has 158 valence electrons. The molecule has 2 fully saturated rings. The Labute approximate surface area is 173 Å². The van der Waals surface area contributed by atoms with Crippen molar-refractivity contribution >= 4 is 17.9 Å². The van der Waals surface area contributed by atoms with Crippen LogP contribution in [0.25, 0.3) is 6.08 Å². The van der Waals surface area contributed by atoms with Crippen LogP contribution in [0.5, 0.6) is 0 Å². The van der Waals surface area contributed by atoms with E-state index < -0.39 is 0 Å². The van der Waals surface area contributed by atoms with Gasteiger partial charge in [0, 0.05) is 44.8 Å². The highest BCUT2D eigenvalue weighted by atomic mass is 16.5. The Morgan fingerprint density at radius 1 is 1.17 bits per heavy atom. The molecular weight excluding hydrogens is 368 g/mol. The van der Waals surface area contributed by atoms with Crippen LogP contribution in [0.15, 0.2) is 36.4 Å². The van der Waals surface area contributed by atoms with Gasteiger partial charge in [-0.2, -0.15) is 0 Å². The van der Waals surface area contributed by atoms with Crippen LogP contribution in [0, 0.1) is 5.92 Å². The lowest BCUT2D eigenvalue weighted by atomic mass is 9.96. The van der Waals surface area contributed by atoms with Crippen LogP contribution in [0.1, 0.15) is 37.7 Å². The SMILES string of the molecule is O=C(NCCCOCC1CCCO1)C1CCN(C(=O)/C=C/c2ccccc2)CC1. The maximum Gasteiger partial charge on any atom is 0.246 e. The van der Waals surface area contributed by atoms with Gasteiger partial charge in [0.15, 0.2) is 0 Å². The quantitative estimate of drug-likeness (QED) is 0.511. The molecule has 0 aliphatic carbocycles. The zero-order valence-corrected chi connectivity index (χ0v) is 17.1. The Bertz CT molecular complexity index is 663. The molecule has 1 N–H and O–H groups in total. The average molecular weight is 401 g/mol. The third-order valence-corrected chi connectivity index (χ3v) is 5.49. The van der Waals surface area contributed by atoms with E-state index in [2.05, 4.69) is 5.32 Å². The number of piperidine rings is 1. The fourth-order valence-corrected chi connectivity index (χ4v) is 3.72. The van der Waals surface area contributed by atoms with Gasteiger partial charge in [-0.3, -0.25) is 9.59 Å². The van der Waals surface area contributed by atoms with Crippen molar-refractivity contribution in [2.45, 2.75) is 38.2 Å². The number of nitrogens with one attached hydrogen (secondary N) is 1. The van der Waals surface area contributed by atoms with E-state index in [0.717, 1.165) is 31.4 Å². The second kappa shape index (κ2) is 11.7. The smallest absolute Gasteiger partial charge is 0.246 e. The number of nitrogens with zero attached hydrogens (tertiary/aromatic N) is 1. The molecule has 0 aromatic heterocycles. The van der Waals surface area contributed by atoms with Crippen LogP contribution in [0.4, 0.5) is 0 Å². The minimum Gasteiger partial charge on any atom is -0.379 e. The van der Waals surface area contributed by atoms with Crippen molar-refractivity contribution < 1.29 is 19.1 Å². The summed E-state index contributed by atoms with van der Waals surface area (Å²) in [6.45, 7) is 4.02. The molecule has 6 nitrogen and oxygen atoms in total. The summed E-state index contributed by atoms with van der Waals surface area (Å²) in [7, 11) is 0. The zero-order chi connectivity index (χ0) is 20.3. The lowest BCUT2D eigenvalue weighted by Crippen LogP contribution is -2.42. The third kappa shape index (κ3) is 7.29. The van der Waals surface area contributed by atoms with Crippen LogP contribution in [-0.2, 0) is 19.1 Å². The lowest BCUT2D eigenvalue weighted by molar-refractivity contribution is -0.132. The van der Waals surface area contributed by atoms with Crippen molar-refractivity contribution in [3.8, 4) is 0 Å². The predicted octanol–water partition coefficient (Wildman–Crippen LogP) is 2.64. The number of carbonyl (C=O) groups is 2. The van der Waals surface area contributed by atoms with Crippen molar-refractivity contribution in [2.24, 2.45) is 5.92 Å². The predicted molar refractivity (Wildman–Crippen MR) is 112 cm³/mol. The monoisotopic (exact) mass is 400 g/mol. The molecule has 1 aromatic rings. The van der Waals surface area contributed by atoms with Gasteiger partial charge in [-0.05, 0) is 43.7 Å². The lowest BCUT2D eigenvalue weighted by Gasteiger charge is -2.30. The molecule has 0 saturated carbocycles. The van der Waals surface area contributed by atoms with E-state index in [1.165, 1.54) is 0 Å². The van der Waals surface area contributed by atoms with Crippen LogP contribution in [0.3, 0.4) is 0 Å². The molecule has 6 heteroatoms. The fraction of sp³-hybridized carbons (Fsp3) is 0.565. The molecule has 3 rings (SSSR count). The van der Waals surface area contributed by atoms with E-state index >= 15 is 0 Å². The van der Waals surface area contributed by atoms with Gasteiger partial charge in [-0.15, -0.1) is 0 Å². The van der Waals surface area contributed by atoms with Crippen LogP contribution in [0.2, 0.25) is 0 Å². The first kappa shape index (κ1) is 21.5. The largest absolute Gasteiger partial charge is 0.379 e. The van der Waals surface area contributed by atoms with Gasteiger partial charge in [0.2, 0.25) is 11.8 Å². The minimum absolute atomic E-state index is 0.00930. The molecule has 0 bridgehead atoms. The summed E-state index contributed by atoms with van der Waals surface area (Å²) in [5, 5.41) is 3.00. The number of rotatable bonds is 9. The van der Waals surface area contributed by atoms with Crippen molar-refractivity contribution in [1.29, 1.82) is 0 Å². The van der Waals surface area contributed by atoms with E-state index in [1.54, 1.807) is 6.08 Å². The molecule has 0 spiro atoms. The highest BCUT2D eigenvalue weighted by Gasteiger charge is 2.26. The van der Waals surface area contributed by atoms with Crippen LogP contribution < -0.4 is 5.32 Å². The molecule has 2 heterocycles. The Hall–Kier alpha value is -2.18. The Balaban J connectivity index is 1.27. The van der Waals surface area contributed by atoms with Gasteiger partial charge >= 0.3 is 0 Å². The van der Waals surface area contributed by atoms with Gasteiger partial charge in [-0.1, -0.05) is 30.3 Å². The molecule has 29 heavy (non-hydrogen) atoms. The number of hydrogen-bond acceptors (Lipinski definition) is 4. The second-order valence-corrected chi connectivity index (χ2v) is 7.70. The highest BCUT2D eigenvalue weighted by Crippen LogP contribution is 2.18. The molecule has 1 aromatic carbocycles. The molecule has 1 unspecified atom stereocenters. The molecular formula is C23H32N2O4. The number of hydrogen-bond donors (Lipinski definition) is 1. The van der Waals surface area contributed by atoms with E-state index in [1.807, 2.05) is 41.3 Å². The topological polar surface area (TPSA) is 67.9 Å². The number of likely N-dealkylation sites (tertiary alicyclic amines) is 1. The zero-order valence-electron chi connectivity index (χ0n) is 17.1. The van der Waals surface area contributed by atoms with Crippen molar-refractivity contribution in [3.05, 3.63) is 42.0 Å². The summed E-state index contributed by atoms with van der Waals surface area (Å²) in [5.74, 6) is 0.0946. The van der Waals surface area contributed by atoms with E-state index in [-0.39, 0.29) is 23.8 Å². The first-order valence-corrected chi connectivity index (χ1v) is 10.7. The number of carbonyl (C=O) groups excluding carboxylic acids is 2.